The van der Waals surface area contributed by atoms with Crippen molar-refractivity contribution >= 4 is 11.6 Å². The number of nitrogens with one attached hydrogen (secondary N) is 1. The Morgan fingerprint density at radius 3 is 2.70 bits per heavy atom. The van der Waals surface area contributed by atoms with E-state index in [9.17, 15) is 4.79 Å². The zero-order chi connectivity index (χ0) is 15.0. The Morgan fingerprint density at radius 1 is 1.35 bits per heavy atom. The van der Waals surface area contributed by atoms with Gasteiger partial charge in [-0.25, -0.2) is 0 Å². The highest BCUT2D eigenvalue weighted by molar-refractivity contribution is 5.99. The number of rotatable bonds is 8. The molecule has 1 aromatic carbocycles. The van der Waals surface area contributed by atoms with Gasteiger partial charge in [0.25, 0.3) is 5.91 Å². The smallest absolute Gasteiger partial charge is 0.256 e. The largest absolute Gasteiger partial charge is 0.384 e. The minimum absolute atomic E-state index is 0.0585. The summed E-state index contributed by atoms with van der Waals surface area (Å²) in [5.41, 5.74) is 2.81. The maximum atomic E-state index is 12.6. The van der Waals surface area contributed by atoms with Crippen molar-refractivity contribution < 1.29 is 9.53 Å². The highest BCUT2D eigenvalue weighted by Gasteiger charge is 2.17. The van der Waals surface area contributed by atoms with Crippen LogP contribution in [0.3, 0.4) is 0 Å². The van der Waals surface area contributed by atoms with E-state index < -0.39 is 0 Å². The molecule has 4 nitrogen and oxygen atoms in total. The second-order valence-corrected chi connectivity index (χ2v) is 4.85. The fourth-order valence-electron chi connectivity index (χ4n) is 2.03. The molecule has 112 valence electrons. The standard InChI is InChI=1S/C16H26N2O2/c1-5-9-17-15-12-13(3)7-8-14(15)16(19)18(6-2)10-11-20-4/h7-8,12,17H,5-6,9-11H2,1-4H3. The van der Waals surface area contributed by atoms with Crippen LogP contribution < -0.4 is 5.32 Å². The molecule has 1 aromatic rings. The predicted octanol–water partition coefficient (Wildman–Crippen LogP) is 2.93. The van der Waals surface area contributed by atoms with Gasteiger partial charge in [0.1, 0.15) is 0 Å². The fourth-order valence-corrected chi connectivity index (χ4v) is 2.03. The highest BCUT2D eigenvalue weighted by atomic mass is 16.5. The van der Waals surface area contributed by atoms with Crippen LogP contribution >= 0.6 is 0 Å². The number of hydrogen-bond acceptors (Lipinski definition) is 3. The molecule has 1 N–H and O–H groups in total. The lowest BCUT2D eigenvalue weighted by Crippen LogP contribution is -2.34. The number of anilines is 1. The second kappa shape index (κ2) is 8.59. The SMILES string of the molecule is CCCNc1cc(C)ccc1C(=O)N(CC)CCOC. The number of methoxy groups -OCH3 is 1. The number of nitrogens with zero attached hydrogens (tertiary/aromatic N) is 1. The molecule has 20 heavy (non-hydrogen) atoms. The molecule has 0 unspecified atom stereocenters. The van der Waals surface area contributed by atoms with Gasteiger partial charge in [-0.3, -0.25) is 4.79 Å². The van der Waals surface area contributed by atoms with Crippen molar-refractivity contribution in [2.24, 2.45) is 0 Å². The van der Waals surface area contributed by atoms with Gasteiger partial charge in [0.05, 0.1) is 12.2 Å². The first-order valence-corrected chi connectivity index (χ1v) is 7.26. The van der Waals surface area contributed by atoms with Crippen molar-refractivity contribution in [2.45, 2.75) is 27.2 Å². The van der Waals surface area contributed by atoms with E-state index in [4.69, 9.17) is 4.74 Å². The Balaban J connectivity index is 2.94. The van der Waals surface area contributed by atoms with E-state index >= 15 is 0 Å². The summed E-state index contributed by atoms with van der Waals surface area (Å²) in [7, 11) is 1.65. The lowest BCUT2D eigenvalue weighted by Gasteiger charge is -2.22. The zero-order valence-corrected chi connectivity index (χ0v) is 13.0. The Hall–Kier alpha value is -1.55. The molecule has 0 fully saturated rings. The third-order valence-electron chi connectivity index (χ3n) is 3.21. The van der Waals surface area contributed by atoms with Crippen molar-refractivity contribution in [3.05, 3.63) is 29.3 Å². The monoisotopic (exact) mass is 278 g/mol. The number of aryl methyl sites for hydroxylation is 1. The van der Waals surface area contributed by atoms with Crippen LogP contribution in [-0.4, -0.2) is 44.2 Å². The van der Waals surface area contributed by atoms with Gasteiger partial charge in [0.2, 0.25) is 0 Å². The first-order valence-electron chi connectivity index (χ1n) is 7.26. The van der Waals surface area contributed by atoms with Crippen molar-refractivity contribution in [3.8, 4) is 0 Å². The lowest BCUT2D eigenvalue weighted by molar-refractivity contribution is 0.0707. The molecule has 0 aliphatic heterocycles. The van der Waals surface area contributed by atoms with Crippen molar-refractivity contribution in [1.82, 2.24) is 4.90 Å². The van der Waals surface area contributed by atoms with E-state index in [1.165, 1.54) is 0 Å². The maximum Gasteiger partial charge on any atom is 0.256 e. The first kappa shape index (κ1) is 16.5. The highest BCUT2D eigenvalue weighted by Crippen LogP contribution is 2.19. The van der Waals surface area contributed by atoms with E-state index in [1.54, 1.807) is 7.11 Å². The Morgan fingerprint density at radius 2 is 2.10 bits per heavy atom. The fraction of sp³-hybridized carbons (Fsp3) is 0.562. The molecule has 0 aromatic heterocycles. The van der Waals surface area contributed by atoms with E-state index in [1.807, 2.05) is 36.9 Å². The third-order valence-corrected chi connectivity index (χ3v) is 3.21. The van der Waals surface area contributed by atoms with Gasteiger partial charge in [0.15, 0.2) is 0 Å². The molecule has 0 heterocycles. The van der Waals surface area contributed by atoms with Gasteiger partial charge in [-0.1, -0.05) is 13.0 Å². The quantitative estimate of drug-likeness (QED) is 0.795. The number of carbonyl (C=O) groups is 1. The second-order valence-electron chi connectivity index (χ2n) is 4.85. The van der Waals surface area contributed by atoms with E-state index in [0.717, 1.165) is 29.8 Å². The van der Waals surface area contributed by atoms with Crippen LogP contribution in [-0.2, 0) is 4.74 Å². The molecule has 0 atom stereocenters. The summed E-state index contributed by atoms with van der Waals surface area (Å²) < 4.78 is 5.06. The predicted molar refractivity (Wildman–Crippen MR) is 83.4 cm³/mol. The maximum absolute atomic E-state index is 12.6. The van der Waals surface area contributed by atoms with Gasteiger partial charge in [0, 0.05) is 32.4 Å². The van der Waals surface area contributed by atoms with Gasteiger partial charge < -0.3 is 15.0 Å². The molecule has 0 bridgehead atoms. The molecule has 0 aliphatic rings. The average molecular weight is 278 g/mol. The topological polar surface area (TPSA) is 41.6 Å². The number of amides is 1. The summed E-state index contributed by atoms with van der Waals surface area (Å²) in [5.74, 6) is 0.0585. The summed E-state index contributed by atoms with van der Waals surface area (Å²) in [6.45, 7) is 8.86. The van der Waals surface area contributed by atoms with Crippen molar-refractivity contribution in [2.75, 3.05) is 38.7 Å². The third kappa shape index (κ3) is 4.53. The van der Waals surface area contributed by atoms with Crippen LogP contribution in [0.25, 0.3) is 0 Å². The summed E-state index contributed by atoms with van der Waals surface area (Å²) in [5, 5.41) is 3.34. The van der Waals surface area contributed by atoms with Gasteiger partial charge in [-0.05, 0) is 38.0 Å². The summed E-state index contributed by atoms with van der Waals surface area (Å²) in [4.78, 5) is 14.4. The number of likely N-dealkylation sites (N-methyl/N-ethyl adjacent to an activating group) is 1. The summed E-state index contributed by atoms with van der Waals surface area (Å²) >= 11 is 0. The van der Waals surface area contributed by atoms with Crippen LogP contribution in [0.2, 0.25) is 0 Å². The minimum Gasteiger partial charge on any atom is -0.384 e. The minimum atomic E-state index is 0.0585. The zero-order valence-electron chi connectivity index (χ0n) is 13.0. The lowest BCUT2D eigenvalue weighted by atomic mass is 10.1. The van der Waals surface area contributed by atoms with Crippen LogP contribution in [0, 0.1) is 6.92 Å². The molecule has 1 amide bonds. The molecule has 0 saturated heterocycles. The molecule has 0 radical (unpaired) electrons. The van der Waals surface area contributed by atoms with Gasteiger partial charge in [-0.15, -0.1) is 0 Å². The first-order chi connectivity index (χ1) is 9.63. The van der Waals surface area contributed by atoms with Crippen LogP contribution in [0.4, 0.5) is 5.69 Å². The normalized spacial score (nSPS) is 10.4. The van der Waals surface area contributed by atoms with E-state index in [2.05, 4.69) is 12.2 Å². The molecule has 4 heteroatoms. The van der Waals surface area contributed by atoms with Crippen molar-refractivity contribution in [1.29, 1.82) is 0 Å². The molecule has 0 aliphatic carbocycles. The van der Waals surface area contributed by atoms with Crippen LogP contribution in [0.15, 0.2) is 18.2 Å². The number of carbonyl (C=O) groups excluding carboxylic acids is 1. The number of benzene rings is 1. The number of ether oxygens (including phenoxy) is 1. The Bertz CT molecular complexity index is 432. The van der Waals surface area contributed by atoms with Crippen LogP contribution in [0.5, 0.6) is 0 Å². The van der Waals surface area contributed by atoms with Gasteiger partial charge >= 0.3 is 0 Å². The Kier molecular flexibility index (Phi) is 7.09. The molecule has 0 spiro atoms. The number of hydrogen-bond donors (Lipinski definition) is 1. The molecule has 1 rings (SSSR count). The van der Waals surface area contributed by atoms with Crippen molar-refractivity contribution in [3.63, 3.8) is 0 Å². The molecule has 0 saturated carbocycles. The summed E-state index contributed by atoms with van der Waals surface area (Å²) in [6, 6.07) is 5.92. The van der Waals surface area contributed by atoms with E-state index in [-0.39, 0.29) is 5.91 Å². The van der Waals surface area contributed by atoms with E-state index in [0.29, 0.717) is 19.7 Å². The van der Waals surface area contributed by atoms with Gasteiger partial charge in [-0.2, -0.15) is 0 Å². The Labute approximate surface area is 122 Å². The molecular weight excluding hydrogens is 252 g/mol. The average Bonchev–Trinajstić information content (AvgIpc) is 2.45. The molecular formula is C16H26N2O2. The van der Waals surface area contributed by atoms with Crippen LogP contribution in [0.1, 0.15) is 36.2 Å². The summed E-state index contributed by atoms with van der Waals surface area (Å²) in [6.07, 6.45) is 1.03.